The molecule has 0 fully saturated rings. The van der Waals surface area contributed by atoms with Crippen LogP contribution in [-0.2, 0) is 71.9 Å². The highest BCUT2D eigenvalue weighted by molar-refractivity contribution is 5.66. The fraction of sp³-hybridized carbons (Fsp3) is 0.643. The van der Waals surface area contributed by atoms with Crippen molar-refractivity contribution in [3.05, 3.63) is 0 Å². The molecular weight excluding hydrogens is 984 g/mol. The summed E-state index contributed by atoms with van der Waals surface area (Å²) >= 11 is 0. The molecule has 0 saturated carbocycles. The second kappa shape index (κ2) is 144. The van der Waals surface area contributed by atoms with Crippen LogP contribution in [0, 0.1) is 0 Å². The van der Waals surface area contributed by atoms with E-state index in [9.17, 15) is 0 Å². The van der Waals surface area contributed by atoms with Crippen molar-refractivity contribution >= 4 is 89.5 Å². The van der Waals surface area contributed by atoms with E-state index in [4.69, 9.17) is 149 Å². The van der Waals surface area contributed by atoms with Gasteiger partial charge in [0.2, 0.25) is 0 Å². The normalized spacial score (nSPS) is 6.21. The molecule has 0 bridgehead atoms. The Kier molecular flexibility index (Phi) is 251. The first-order chi connectivity index (χ1) is 31.6. The van der Waals surface area contributed by atoms with Crippen molar-refractivity contribution in [2.45, 2.75) is 185 Å². The largest absolute Gasteiger partial charge is 0.481 e. The van der Waals surface area contributed by atoms with E-state index in [2.05, 4.69) is 55.4 Å². The van der Waals surface area contributed by atoms with E-state index in [1.807, 2.05) is 0 Å². The standard InChI is InChI=1S/4C3H8.15C2H4O2/c4*1-3-2;15*1-2(3)4/h4*3H2,1-2H3;15*1H3,(H,3,4). The number of rotatable bonds is 0. The number of carboxylic acid groups (broad SMARTS) is 15. The Hall–Kier alpha value is -7.95. The highest BCUT2D eigenvalue weighted by Gasteiger charge is 1.70. The molecule has 30 heteroatoms. The minimum Gasteiger partial charge on any atom is -0.481 e. The Labute approximate surface area is 422 Å². The fourth-order valence-electron chi connectivity index (χ4n) is 0. The van der Waals surface area contributed by atoms with Crippen LogP contribution in [0.1, 0.15) is 185 Å². The minimum atomic E-state index is -0.833. The van der Waals surface area contributed by atoms with Crippen LogP contribution >= 0.6 is 0 Å². The van der Waals surface area contributed by atoms with Crippen LogP contribution in [-0.4, -0.2) is 166 Å². The monoisotopic (exact) mass is 1080 g/mol. The molecule has 0 aliphatic carbocycles. The van der Waals surface area contributed by atoms with Gasteiger partial charge in [0.25, 0.3) is 89.5 Å². The van der Waals surface area contributed by atoms with Gasteiger partial charge < -0.3 is 76.6 Å². The Morgan fingerprint density at radius 2 is 0.153 bits per heavy atom. The van der Waals surface area contributed by atoms with Crippen LogP contribution < -0.4 is 0 Å². The third-order valence-corrected chi connectivity index (χ3v) is 0. The number of carbonyl (C=O) groups is 15. The lowest BCUT2D eigenvalue weighted by molar-refractivity contribution is -0.135. The Morgan fingerprint density at radius 3 is 0.153 bits per heavy atom. The molecule has 0 aromatic carbocycles. The van der Waals surface area contributed by atoms with Crippen molar-refractivity contribution < 1.29 is 149 Å². The van der Waals surface area contributed by atoms with E-state index in [0.717, 1.165) is 104 Å². The maximum absolute atomic E-state index is 9.00. The zero-order chi connectivity index (χ0) is 64.5. The van der Waals surface area contributed by atoms with Gasteiger partial charge in [0.15, 0.2) is 0 Å². The van der Waals surface area contributed by atoms with E-state index < -0.39 is 89.5 Å². The lowest BCUT2D eigenvalue weighted by Gasteiger charge is -1.59. The summed E-state index contributed by atoms with van der Waals surface area (Å²) in [5, 5.41) is 111. The molecule has 15 N–H and O–H groups in total. The molecule has 0 aliphatic heterocycles. The van der Waals surface area contributed by atoms with Gasteiger partial charge in [-0.15, -0.1) is 0 Å². The number of aliphatic carboxylic acids is 15. The maximum Gasteiger partial charge on any atom is 0.300 e. The summed E-state index contributed by atoms with van der Waals surface area (Å²) in [6.07, 6.45) is 5.00. The van der Waals surface area contributed by atoms with Crippen molar-refractivity contribution in [3.63, 3.8) is 0 Å². The molecule has 0 heterocycles. The van der Waals surface area contributed by atoms with Crippen LogP contribution in [0.15, 0.2) is 0 Å². The maximum atomic E-state index is 9.00. The quantitative estimate of drug-likeness (QED) is 0.116. The third kappa shape index (κ3) is 3660. The summed E-state index contributed by atoms with van der Waals surface area (Å²) in [7, 11) is 0. The second-order valence-corrected chi connectivity index (χ2v) is 10.6. The molecule has 0 aromatic heterocycles. The number of carboxylic acids is 15. The predicted octanol–water partition coefficient (Wildman–Crippen LogP) is 7.03. The van der Waals surface area contributed by atoms with E-state index in [0.29, 0.717) is 0 Å². The summed E-state index contributed by atoms with van der Waals surface area (Å²) in [6, 6.07) is 0. The summed E-state index contributed by atoms with van der Waals surface area (Å²) in [5.74, 6) is -12.5. The van der Waals surface area contributed by atoms with Gasteiger partial charge in [-0.1, -0.05) is 81.1 Å². The Morgan fingerprint density at radius 1 is 0.153 bits per heavy atom. The first kappa shape index (κ1) is 125. The van der Waals surface area contributed by atoms with E-state index in [1.165, 1.54) is 25.7 Å². The first-order valence-electron chi connectivity index (χ1n) is 19.6. The topological polar surface area (TPSA) is 560 Å². The number of hydrogen-bond donors (Lipinski definition) is 15. The van der Waals surface area contributed by atoms with Gasteiger partial charge in [-0.25, -0.2) is 0 Å². The molecule has 0 spiro atoms. The third-order valence-electron chi connectivity index (χ3n) is 0. The SMILES string of the molecule is CC(=O)O.CC(=O)O.CC(=O)O.CC(=O)O.CC(=O)O.CC(=O)O.CC(=O)O.CC(=O)O.CC(=O)O.CC(=O)O.CC(=O)O.CC(=O)O.CC(=O)O.CC(=O)O.CC(=O)O.CCC.CCC.CCC.CCC. The van der Waals surface area contributed by atoms with E-state index >= 15 is 0 Å². The van der Waals surface area contributed by atoms with Crippen molar-refractivity contribution in [2.75, 3.05) is 0 Å². The molecule has 0 rings (SSSR count). The lowest BCUT2D eigenvalue weighted by Crippen LogP contribution is -1.78. The second-order valence-electron chi connectivity index (χ2n) is 10.6. The van der Waals surface area contributed by atoms with Crippen LogP contribution in [0.4, 0.5) is 0 Å². The van der Waals surface area contributed by atoms with Crippen LogP contribution in [0.5, 0.6) is 0 Å². The highest BCUT2D eigenvalue weighted by Crippen LogP contribution is 1.57. The van der Waals surface area contributed by atoms with Gasteiger partial charge in [0.1, 0.15) is 0 Å². The van der Waals surface area contributed by atoms with E-state index in [1.54, 1.807) is 0 Å². The molecule has 0 aromatic rings. The van der Waals surface area contributed by atoms with Gasteiger partial charge in [0, 0.05) is 104 Å². The molecule has 0 atom stereocenters. The summed E-state index contributed by atoms with van der Waals surface area (Å²) < 4.78 is 0. The molecule has 440 valence electrons. The van der Waals surface area contributed by atoms with E-state index in [-0.39, 0.29) is 0 Å². The minimum absolute atomic E-state index is 0.833. The summed E-state index contributed by atoms with van der Waals surface area (Å²) in [5.41, 5.74) is 0. The first-order valence-corrected chi connectivity index (χ1v) is 19.6. The molecular formula is C42H92O30. The van der Waals surface area contributed by atoms with Gasteiger partial charge >= 0.3 is 0 Å². The Balaban J connectivity index is -0.0000000242. The molecule has 0 saturated heterocycles. The highest BCUT2D eigenvalue weighted by atomic mass is 16.4. The fourth-order valence-corrected chi connectivity index (χ4v) is 0. The predicted molar refractivity (Wildman–Crippen MR) is 264 cm³/mol. The Bertz CT molecular complexity index is 823. The molecule has 0 radical (unpaired) electrons. The van der Waals surface area contributed by atoms with Crippen molar-refractivity contribution in [2.24, 2.45) is 0 Å². The van der Waals surface area contributed by atoms with Crippen molar-refractivity contribution in [1.82, 2.24) is 0 Å². The molecule has 0 amide bonds. The van der Waals surface area contributed by atoms with Gasteiger partial charge in [-0.2, -0.15) is 0 Å². The molecule has 0 aliphatic rings. The van der Waals surface area contributed by atoms with Gasteiger partial charge in [0.05, 0.1) is 0 Å². The number of hydrogen-bond acceptors (Lipinski definition) is 15. The summed E-state index contributed by atoms with van der Waals surface area (Å²) in [6.45, 7) is 33.2. The van der Waals surface area contributed by atoms with Crippen LogP contribution in [0.2, 0.25) is 0 Å². The van der Waals surface area contributed by atoms with Crippen molar-refractivity contribution in [3.8, 4) is 0 Å². The van der Waals surface area contributed by atoms with Crippen LogP contribution in [0.25, 0.3) is 0 Å². The zero-order valence-electron chi connectivity index (χ0n) is 46.2. The molecule has 30 nitrogen and oxygen atoms in total. The average molecular weight is 1080 g/mol. The zero-order valence-corrected chi connectivity index (χ0v) is 46.2. The van der Waals surface area contributed by atoms with Crippen molar-refractivity contribution in [1.29, 1.82) is 0 Å². The average Bonchev–Trinajstić information content (AvgIpc) is 2.98. The van der Waals surface area contributed by atoms with Crippen LogP contribution in [0.3, 0.4) is 0 Å². The smallest absolute Gasteiger partial charge is 0.300 e. The molecule has 72 heavy (non-hydrogen) atoms. The summed E-state index contributed by atoms with van der Waals surface area (Å²) in [4.78, 5) is 135. The van der Waals surface area contributed by atoms with Gasteiger partial charge in [-0.05, 0) is 0 Å². The molecule has 0 unspecified atom stereocenters. The van der Waals surface area contributed by atoms with Gasteiger partial charge in [-0.3, -0.25) is 71.9 Å². The lowest BCUT2D eigenvalue weighted by atomic mass is 10.6.